The lowest BCUT2D eigenvalue weighted by molar-refractivity contribution is 0.0743. The zero-order chi connectivity index (χ0) is 17.1. The first-order chi connectivity index (χ1) is 11.6. The Labute approximate surface area is 144 Å². The van der Waals surface area contributed by atoms with Gasteiger partial charge in [0, 0.05) is 17.6 Å². The molecule has 2 heterocycles. The molecule has 1 aromatic carbocycles. The summed E-state index contributed by atoms with van der Waals surface area (Å²) in [7, 11) is 1.72. The molecule has 0 aliphatic rings. The first-order valence-electron chi connectivity index (χ1n) is 7.67. The molecule has 0 bridgehead atoms. The van der Waals surface area contributed by atoms with E-state index in [-0.39, 0.29) is 23.1 Å². The maximum atomic E-state index is 12.7. The SMILES string of the molecule is C[C@@H](c1cccs1)N(C)C(=O)c1ccc(-c2ccccc2)[nH]c1=O. The third kappa shape index (κ3) is 3.16. The number of H-pyrrole nitrogens is 1. The van der Waals surface area contributed by atoms with Gasteiger partial charge in [-0.15, -0.1) is 11.3 Å². The summed E-state index contributed by atoms with van der Waals surface area (Å²) in [5.74, 6) is -0.281. The van der Waals surface area contributed by atoms with Crippen molar-refractivity contribution in [2.75, 3.05) is 7.05 Å². The molecule has 0 aliphatic heterocycles. The summed E-state index contributed by atoms with van der Waals surface area (Å²) < 4.78 is 0. The van der Waals surface area contributed by atoms with Crippen molar-refractivity contribution in [2.45, 2.75) is 13.0 Å². The molecule has 0 aliphatic carbocycles. The quantitative estimate of drug-likeness (QED) is 0.783. The molecule has 122 valence electrons. The Morgan fingerprint density at radius 1 is 1.08 bits per heavy atom. The van der Waals surface area contributed by atoms with E-state index < -0.39 is 0 Å². The second-order valence-corrected chi connectivity index (χ2v) is 6.57. The van der Waals surface area contributed by atoms with Crippen LogP contribution in [0.3, 0.4) is 0 Å². The van der Waals surface area contributed by atoms with Crippen LogP contribution in [0.25, 0.3) is 11.3 Å². The largest absolute Gasteiger partial charge is 0.334 e. The van der Waals surface area contributed by atoms with E-state index in [4.69, 9.17) is 0 Å². The highest BCUT2D eigenvalue weighted by Gasteiger charge is 2.22. The maximum absolute atomic E-state index is 12.7. The van der Waals surface area contributed by atoms with Crippen molar-refractivity contribution in [3.63, 3.8) is 0 Å². The van der Waals surface area contributed by atoms with E-state index in [1.165, 1.54) is 0 Å². The van der Waals surface area contributed by atoms with Gasteiger partial charge in [0.25, 0.3) is 11.5 Å². The van der Waals surface area contributed by atoms with Gasteiger partial charge in [0.1, 0.15) is 5.56 Å². The highest BCUT2D eigenvalue weighted by molar-refractivity contribution is 7.10. The number of aromatic amines is 1. The lowest BCUT2D eigenvalue weighted by atomic mass is 10.1. The van der Waals surface area contributed by atoms with Crippen LogP contribution in [-0.4, -0.2) is 22.8 Å². The maximum Gasteiger partial charge on any atom is 0.261 e. The Morgan fingerprint density at radius 3 is 2.46 bits per heavy atom. The monoisotopic (exact) mass is 338 g/mol. The number of carbonyl (C=O) groups is 1. The standard InChI is InChI=1S/C19H18N2O2S/c1-13(17-9-6-12-24-17)21(2)19(23)15-10-11-16(20-18(15)22)14-7-4-3-5-8-14/h3-13H,1-2H3,(H,20,22)/t13-/m0/s1. The van der Waals surface area contributed by atoms with Gasteiger partial charge in [0.2, 0.25) is 0 Å². The number of carbonyl (C=O) groups excluding carboxylic acids is 1. The number of amides is 1. The Morgan fingerprint density at radius 2 is 1.83 bits per heavy atom. The predicted octanol–water partition coefficient (Wildman–Crippen LogP) is 3.94. The van der Waals surface area contributed by atoms with Crippen LogP contribution in [0.1, 0.15) is 28.2 Å². The molecule has 0 saturated carbocycles. The first-order valence-corrected chi connectivity index (χ1v) is 8.55. The van der Waals surface area contributed by atoms with Gasteiger partial charge in [-0.05, 0) is 36.1 Å². The smallest absolute Gasteiger partial charge is 0.261 e. The Balaban J connectivity index is 1.87. The summed E-state index contributed by atoms with van der Waals surface area (Å²) in [5, 5.41) is 1.98. The summed E-state index contributed by atoms with van der Waals surface area (Å²) in [6.07, 6.45) is 0. The number of nitrogens with one attached hydrogen (secondary N) is 1. The van der Waals surface area contributed by atoms with Gasteiger partial charge in [-0.25, -0.2) is 0 Å². The number of nitrogens with zero attached hydrogens (tertiary/aromatic N) is 1. The van der Waals surface area contributed by atoms with Crippen molar-refractivity contribution in [3.8, 4) is 11.3 Å². The molecule has 1 amide bonds. The minimum absolute atomic E-state index is 0.0781. The molecule has 3 aromatic rings. The Hall–Kier alpha value is -2.66. The van der Waals surface area contributed by atoms with Crippen molar-refractivity contribution >= 4 is 17.2 Å². The normalized spacial score (nSPS) is 11.9. The van der Waals surface area contributed by atoms with Crippen LogP contribution < -0.4 is 5.56 Å². The van der Waals surface area contributed by atoms with Gasteiger partial charge in [-0.3, -0.25) is 9.59 Å². The number of rotatable bonds is 4. The van der Waals surface area contributed by atoms with Crippen LogP contribution in [0.2, 0.25) is 0 Å². The van der Waals surface area contributed by atoms with E-state index in [1.54, 1.807) is 35.4 Å². The summed E-state index contributed by atoms with van der Waals surface area (Å²) in [5.41, 5.74) is 1.40. The Kier molecular flexibility index (Phi) is 4.62. The lowest BCUT2D eigenvalue weighted by Crippen LogP contribution is -2.33. The topological polar surface area (TPSA) is 53.2 Å². The minimum Gasteiger partial charge on any atom is -0.334 e. The van der Waals surface area contributed by atoms with E-state index >= 15 is 0 Å². The number of hydrogen-bond acceptors (Lipinski definition) is 3. The zero-order valence-corrected chi connectivity index (χ0v) is 14.3. The summed E-state index contributed by atoms with van der Waals surface area (Å²) in [4.78, 5) is 30.5. The number of benzene rings is 1. The van der Waals surface area contributed by atoms with Gasteiger partial charge in [0.15, 0.2) is 0 Å². The van der Waals surface area contributed by atoms with Crippen LogP contribution in [-0.2, 0) is 0 Å². The zero-order valence-electron chi connectivity index (χ0n) is 13.5. The van der Waals surface area contributed by atoms with Crippen LogP contribution in [0, 0.1) is 0 Å². The van der Waals surface area contributed by atoms with Gasteiger partial charge < -0.3 is 9.88 Å². The minimum atomic E-state index is -0.369. The van der Waals surface area contributed by atoms with Gasteiger partial charge in [-0.1, -0.05) is 36.4 Å². The van der Waals surface area contributed by atoms with Crippen LogP contribution >= 0.6 is 11.3 Å². The predicted molar refractivity (Wildman–Crippen MR) is 97.3 cm³/mol. The highest BCUT2D eigenvalue weighted by Crippen LogP contribution is 2.24. The number of aromatic nitrogens is 1. The van der Waals surface area contributed by atoms with E-state index in [1.807, 2.05) is 54.8 Å². The van der Waals surface area contributed by atoms with Gasteiger partial charge >= 0.3 is 0 Å². The summed E-state index contributed by atoms with van der Waals surface area (Å²) in [6.45, 7) is 1.95. The lowest BCUT2D eigenvalue weighted by Gasteiger charge is -2.23. The third-order valence-electron chi connectivity index (χ3n) is 4.08. The number of hydrogen-bond donors (Lipinski definition) is 1. The van der Waals surface area contributed by atoms with Crippen molar-refractivity contribution in [1.82, 2.24) is 9.88 Å². The Bertz CT molecular complexity index is 885. The fourth-order valence-corrected chi connectivity index (χ4v) is 3.34. The second kappa shape index (κ2) is 6.84. The third-order valence-corrected chi connectivity index (χ3v) is 5.12. The highest BCUT2D eigenvalue weighted by atomic mass is 32.1. The molecule has 0 fully saturated rings. The van der Waals surface area contributed by atoms with E-state index in [9.17, 15) is 9.59 Å². The molecular weight excluding hydrogens is 320 g/mol. The van der Waals surface area contributed by atoms with E-state index in [0.29, 0.717) is 5.69 Å². The van der Waals surface area contributed by atoms with E-state index in [0.717, 1.165) is 10.4 Å². The molecule has 0 unspecified atom stereocenters. The molecule has 0 radical (unpaired) electrons. The molecule has 1 atom stereocenters. The van der Waals surface area contributed by atoms with Crippen molar-refractivity contribution < 1.29 is 4.79 Å². The average Bonchev–Trinajstić information content (AvgIpc) is 3.15. The van der Waals surface area contributed by atoms with Crippen molar-refractivity contribution in [3.05, 3.63) is 80.8 Å². The van der Waals surface area contributed by atoms with Gasteiger partial charge in [0.05, 0.1) is 6.04 Å². The van der Waals surface area contributed by atoms with E-state index in [2.05, 4.69) is 4.98 Å². The van der Waals surface area contributed by atoms with Gasteiger partial charge in [-0.2, -0.15) is 0 Å². The molecule has 5 heteroatoms. The molecule has 0 saturated heterocycles. The van der Waals surface area contributed by atoms with Crippen molar-refractivity contribution in [2.24, 2.45) is 0 Å². The fourth-order valence-electron chi connectivity index (χ4n) is 2.51. The molecular formula is C19H18N2O2S. The van der Waals surface area contributed by atoms with Crippen molar-refractivity contribution in [1.29, 1.82) is 0 Å². The van der Waals surface area contributed by atoms with Crippen LogP contribution in [0.5, 0.6) is 0 Å². The first kappa shape index (κ1) is 16.2. The summed E-state index contributed by atoms with van der Waals surface area (Å²) in [6, 6.07) is 16.8. The molecule has 0 spiro atoms. The number of pyridine rings is 1. The molecule has 2 aromatic heterocycles. The van der Waals surface area contributed by atoms with Crippen LogP contribution in [0.4, 0.5) is 0 Å². The summed E-state index contributed by atoms with van der Waals surface area (Å²) >= 11 is 1.60. The molecule has 4 nitrogen and oxygen atoms in total. The second-order valence-electron chi connectivity index (χ2n) is 5.59. The van der Waals surface area contributed by atoms with Crippen LogP contribution in [0.15, 0.2) is 64.8 Å². The molecule has 3 rings (SSSR count). The molecule has 24 heavy (non-hydrogen) atoms. The average molecular weight is 338 g/mol. The fraction of sp³-hybridized carbons (Fsp3) is 0.158. The number of thiophene rings is 1. The molecule has 1 N–H and O–H groups in total.